The third-order valence-corrected chi connectivity index (χ3v) is 3.13. The SMILES string of the molecule is c1ccc(Cc2cc3n(c2)CCNC3)cc1. The molecule has 0 bridgehead atoms. The van der Waals surface area contributed by atoms with E-state index in [0.29, 0.717) is 0 Å². The topological polar surface area (TPSA) is 17.0 Å². The van der Waals surface area contributed by atoms with E-state index >= 15 is 0 Å². The highest BCUT2D eigenvalue weighted by atomic mass is 15.1. The van der Waals surface area contributed by atoms with Crippen molar-refractivity contribution in [3.8, 4) is 0 Å². The third kappa shape index (κ3) is 1.89. The fourth-order valence-electron chi connectivity index (χ4n) is 2.32. The van der Waals surface area contributed by atoms with Gasteiger partial charge >= 0.3 is 0 Å². The van der Waals surface area contributed by atoms with Crippen molar-refractivity contribution in [1.29, 1.82) is 0 Å². The zero-order valence-corrected chi connectivity index (χ0v) is 9.32. The predicted octanol–water partition coefficient (Wildman–Crippen LogP) is 2.18. The monoisotopic (exact) mass is 212 g/mol. The Labute approximate surface area is 95.9 Å². The molecule has 1 aromatic carbocycles. The van der Waals surface area contributed by atoms with Crippen LogP contribution in [-0.4, -0.2) is 11.1 Å². The molecule has 1 aromatic heterocycles. The molecular formula is C14H16N2. The van der Waals surface area contributed by atoms with Gasteiger partial charge in [0, 0.05) is 31.5 Å². The van der Waals surface area contributed by atoms with Crippen LogP contribution in [0.1, 0.15) is 16.8 Å². The van der Waals surface area contributed by atoms with Gasteiger partial charge in [0.25, 0.3) is 0 Å². The van der Waals surface area contributed by atoms with Crippen molar-refractivity contribution < 1.29 is 0 Å². The first-order valence-electron chi connectivity index (χ1n) is 5.84. The summed E-state index contributed by atoms with van der Waals surface area (Å²) in [7, 11) is 0. The van der Waals surface area contributed by atoms with Gasteiger partial charge in [-0.3, -0.25) is 0 Å². The highest BCUT2D eigenvalue weighted by molar-refractivity contribution is 5.27. The van der Waals surface area contributed by atoms with Crippen LogP contribution < -0.4 is 5.32 Å². The molecule has 1 aliphatic rings. The van der Waals surface area contributed by atoms with Gasteiger partial charge in [0.05, 0.1) is 0 Å². The number of hydrogen-bond acceptors (Lipinski definition) is 1. The Morgan fingerprint density at radius 3 is 2.81 bits per heavy atom. The second kappa shape index (κ2) is 4.14. The summed E-state index contributed by atoms with van der Waals surface area (Å²) in [5.41, 5.74) is 4.22. The van der Waals surface area contributed by atoms with Crippen molar-refractivity contribution in [3.63, 3.8) is 0 Å². The molecule has 0 radical (unpaired) electrons. The molecule has 1 aliphatic heterocycles. The van der Waals surface area contributed by atoms with E-state index in [9.17, 15) is 0 Å². The largest absolute Gasteiger partial charge is 0.349 e. The summed E-state index contributed by atoms with van der Waals surface area (Å²) in [6.45, 7) is 3.20. The van der Waals surface area contributed by atoms with E-state index in [-0.39, 0.29) is 0 Å². The smallest absolute Gasteiger partial charge is 0.0360 e. The molecule has 0 saturated heterocycles. The van der Waals surface area contributed by atoms with Gasteiger partial charge < -0.3 is 9.88 Å². The molecule has 1 N–H and O–H groups in total. The number of nitrogens with one attached hydrogen (secondary N) is 1. The van der Waals surface area contributed by atoms with Crippen molar-refractivity contribution in [3.05, 3.63) is 59.4 Å². The quantitative estimate of drug-likeness (QED) is 0.807. The van der Waals surface area contributed by atoms with E-state index in [1.807, 2.05) is 0 Å². The van der Waals surface area contributed by atoms with E-state index in [0.717, 1.165) is 26.1 Å². The highest BCUT2D eigenvalue weighted by Crippen LogP contribution is 2.15. The Bertz CT molecular complexity index is 447. The summed E-state index contributed by atoms with van der Waals surface area (Å²) < 4.78 is 2.37. The van der Waals surface area contributed by atoms with Crippen LogP contribution in [0, 0.1) is 0 Å². The first-order chi connectivity index (χ1) is 7.92. The summed E-state index contributed by atoms with van der Waals surface area (Å²) in [5, 5.41) is 3.40. The Kier molecular flexibility index (Phi) is 2.50. The lowest BCUT2D eigenvalue weighted by Gasteiger charge is -2.15. The number of nitrogens with zero attached hydrogens (tertiary/aromatic N) is 1. The molecule has 0 spiro atoms. The zero-order chi connectivity index (χ0) is 10.8. The fourth-order valence-corrected chi connectivity index (χ4v) is 2.32. The maximum atomic E-state index is 3.40. The molecule has 2 heterocycles. The van der Waals surface area contributed by atoms with Crippen LogP contribution in [0.4, 0.5) is 0 Å². The number of aromatic nitrogens is 1. The molecule has 0 aliphatic carbocycles. The molecule has 0 fully saturated rings. The van der Waals surface area contributed by atoms with Crippen molar-refractivity contribution >= 4 is 0 Å². The number of benzene rings is 1. The summed E-state index contributed by atoms with van der Waals surface area (Å²) in [4.78, 5) is 0. The second-order valence-electron chi connectivity index (χ2n) is 4.37. The van der Waals surface area contributed by atoms with E-state index in [4.69, 9.17) is 0 Å². The number of hydrogen-bond donors (Lipinski definition) is 1. The molecular weight excluding hydrogens is 196 g/mol. The summed E-state index contributed by atoms with van der Waals surface area (Å²) in [6.07, 6.45) is 3.34. The normalized spacial score (nSPS) is 14.8. The summed E-state index contributed by atoms with van der Waals surface area (Å²) >= 11 is 0. The lowest BCUT2D eigenvalue weighted by atomic mass is 10.1. The molecule has 0 saturated carbocycles. The molecule has 0 atom stereocenters. The second-order valence-corrected chi connectivity index (χ2v) is 4.37. The number of fused-ring (bicyclic) bond motifs is 1. The van der Waals surface area contributed by atoms with Crippen molar-refractivity contribution in [1.82, 2.24) is 9.88 Å². The lowest BCUT2D eigenvalue weighted by Crippen LogP contribution is -2.27. The summed E-state index contributed by atoms with van der Waals surface area (Å²) in [5.74, 6) is 0. The minimum Gasteiger partial charge on any atom is -0.349 e. The standard InChI is InChI=1S/C14H16N2/c1-2-4-12(5-3-1)8-13-9-14-10-15-6-7-16(14)11-13/h1-5,9,11,15H,6-8,10H2. The maximum Gasteiger partial charge on any atom is 0.0360 e. The molecule has 0 unspecified atom stereocenters. The molecule has 3 rings (SSSR count). The van der Waals surface area contributed by atoms with Gasteiger partial charge in [0.15, 0.2) is 0 Å². The highest BCUT2D eigenvalue weighted by Gasteiger charge is 2.09. The molecule has 0 amide bonds. The van der Waals surface area contributed by atoms with Gasteiger partial charge in [0.2, 0.25) is 0 Å². The van der Waals surface area contributed by atoms with E-state index in [1.165, 1.54) is 16.8 Å². The van der Waals surface area contributed by atoms with Crippen LogP contribution in [-0.2, 0) is 19.5 Å². The molecule has 82 valence electrons. The lowest BCUT2D eigenvalue weighted by molar-refractivity contribution is 0.516. The van der Waals surface area contributed by atoms with Gasteiger partial charge in [-0.25, -0.2) is 0 Å². The van der Waals surface area contributed by atoms with E-state index in [1.54, 1.807) is 0 Å². The van der Waals surface area contributed by atoms with Gasteiger partial charge in [0.1, 0.15) is 0 Å². The third-order valence-electron chi connectivity index (χ3n) is 3.13. The van der Waals surface area contributed by atoms with Crippen molar-refractivity contribution in [2.75, 3.05) is 6.54 Å². The van der Waals surface area contributed by atoms with E-state index < -0.39 is 0 Å². The minimum atomic E-state index is 1.01. The van der Waals surface area contributed by atoms with Crippen LogP contribution in [0.5, 0.6) is 0 Å². The van der Waals surface area contributed by atoms with Crippen LogP contribution >= 0.6 is 0 Å². The number of rotatable bonds is 2. The Morgan fingerprint density at radius 1 is 1.12 bits per heavy atom. The predicted molar refractivity (Wildman–Crippen MR) is 65.4 cm³/mol. The average molecular weight is 212 g/mol. The maximum absolute atomic E-state index is 3.40. The van der Waals surface area contributed by atoms with Gasteiger partial charge in [-0.1, -0.05) is 30.3 Å². The van der Waals surface area contributed by atoms with Gasteiger partial charge in [-0.15, -0.1) is 0 Å². The summed E-state index contributed by atoms with van der Waals surface area (Å²) in [6, 6.07) is 13.0. The average Bonchev–Trinajstić information content (AvgIpc) is 2.72. The molecule has 2 nitrogen and oxygen atoms in total. The first kappa shape index (κ1) is 9.67. The molecule has 2 heteroatoms. The Balaban J connectivity index is 1.83. The Morgan fingerprint density at radius 2 is 2.00 bits per heavy atom. The zero-order valence-electron chi connectivity index (χ0n) is 9.32. The van der Waals surface area contributed by atoms with Crippen LogP contribution in [0.25, 0.3) is 0 Å². The molecule has 16 heavy (non-hydrogen) atoms. The molecule has 2 aromatic rings. The van der Waals surface area contributed by atoms with Gasteiger partial charge in [-0.2, -0.15) is 0 Å². The van der Waals surface area contributed by atoms with Crippen molar-refractivity contribution in [2.24, 2.45) is 0 Å². The van der Waals surface area contributed by atoms with Crippen LogP contribution in [0.2, 0.25) is 0 Å². The van der Waals surface area contributed by atoms with E-state index in [2.05, 4.69) is 52.5 Å². The Hall–Kier alpha value is -1.54. The first-order valence-corrected chi connectivity index (χ1v) is 5.84. The van der Waals surface area contributed by atoms with Crippen LogP contribution in [0.3, 0.4) is 0 Å². The van der Waals surface area contributed by atoms with Gasteiger partial charge in [-0.05, 0) is 23.6 Å². The van der Waals surface area contributed by atoms with Crippen LogP contribution in [0.15, 0.2) is 42.6 Å². The fraction of sp³-hybridized carbons (Fsp3) is 0.286. The minimum absolute atomic E-state index is 1.01. The van der Waals surface area contributed by atoms with Crippen molar-refractivity contribution in [2.45, 2.75) is 19.5 Å².